The van der Waals surface area contributed by atoms with Crippen LogP contribution in [0.4, 0.5) is 4.79 Å². The summed E-state index contributed by atoms with van der Waals surface area (Å²) in [6.45, 7) is 0.650. The standard InChI is InChI=1S/C6H9N3O2.C4H5NO2/c1-8-5-9-6(10)11-4-2-3-7;5-2-1-3-7-4-6/h5H,2,4H2,1H3,(H,8,9,10);4H,1,3H2. The van der Waals surface area contributed by atoms with Crippen LogP contribution in [-0.2, 0) is 14.3 Å². The van der Waals surface area contributed by atoms with Crippen molar-refractivity contribution >= 4 is 18.9 Å². The maximum atomic E-state index is 10.5. The number of amides is 1. The Morgan fingerprint density at radius 1 is 1.33 bits per heavy atom. The van der Waals surface area contributed by atoms with E-state index in [1.54, 1.807) is 0 Å². The van der Waals surface area contributed by atoms with Crippen molar-refractivity contribution in [2.45, 2.75) is 12.8 Å². The van der Waals surface area contributed by atoms with Crippen LogP contribution in [0.15, 0.2) is 4.99 Å². The molecule has 0 aromatic carbocycles. The van der Waals surface area contributed by atoms with E-state index in [0.717, 1.165) is 0 Å². The lowest BCUT2D eigenvalue weighted by Crippen LogP contribution is -2.22. The Balaban J connectivity index is 0. The Morgan fingerprint density at radius 2 is 1.94 bits per heavy atom. The molecule has 0 unspecified atom stereocenters. The van der Waals surface area contributed by atoms with Gasteiger partial charge in [0, 0.05) is 7.05 Å². The van der Waals surface area contributed by atoms with Gasteiger partial charge < -0.3 is 9.47 Å². The maximum absolute atomic E-state index is 10.5. The van der Waals surface area contributed by atoms with Crippen molar-refractivity contribution in [1.82, 2.24) is 5.32 Å². The molecule has 0 radical (unpaired) electrons. The van der Waals surface area contributed by atoms with E-state index in [0.29, 0.717) is 6.47 Å². The number of carbonyl (C=O) groups is 2. The number of nitrogens with one attached hydrogen (secondary N) is 1. The molecular weight excluding hydrogens is 240 g/mol. The molecule has 0 atom stereocenters. The Labute approximate surface area is 105 Å². The predicted octanol–water partition coefficient (Wildman–Crippen LogP) is 0.357. The van der Waals surface area contributed by atoms with Crippen molar-refractivity contribution in [3.8, 4) is 12.1 Å². The first-order chi connectivity index (χ1) is 8.72. The molecule has 0 aliphatic heterocycles. The van der Waals surface area contributed by atoms with Crippen LogP contribution in [0.5, 0.6) is 0 Å². The third kappa shape index (κ3) is 19.0. The predicted molar refractivity (Wildman–Crippen MR) is 61.4 cm³/mol. The molecule has 8 heteroatoms. The molecule has 98 valence electrons. The summed E-state index contributed by atoms with van der Waals surface area (Å²) in [4.78, 5) is 23.4. The van der Waals surface area contributed by atoms with E-state index in [-0.39, 0.29) is 26.1 Å². The van der Waals surface area contributed by atoms with Crippen molar-refractivity contribution in [2.75, 3.05) is 20.3 Å². The number of ether oxygens (including phenoxy) is 2. The monoisotopic (exact) mass is 254 g/mol. The topological polar surface area (TPSA) is 125 Å². The summed E-state index contributed by atoms with van der Waals surface area (Å²) in [7, 11) is 1.52. The second-order valence-corrected chi connectivity index (χ2v) is 2.45. The highest BCUT2D eigenvalue weighted by molar-refractivity contribution is 5.81. The normalized spacial score (nSPS) is 8.17. The molecular formula is C10H14N4O4. The highest BCUT2D eigenvalue weighted by Gasteiger charge is 1.96. The summed E-state index contributed by atoms with van der Waals surface area (Å²) < 4.78 is 8.69. The number of carbonyl (C=O) groups excluding carboxylic acids is 2. The fourth-order valence-corrected chi connectivity index (χ4v) is 0.501. The van der Waals surface area contributed by atoms with Crippen LogP contribution in [0, 0.1) is 22.7 Å². The third-order valence-electron chi connectivity index (χ3n) is 1.16. The number of nitrogens with zero attached hydrogens (tertiary/aromatic N) is 3. The fraction of sp³-hybridized carbons (Fsp3) is 0.500. The van der Waals surface area contributed by atoms with Crippen LogP contribution in [0.2, 0.25) is 0 Å². The van der Waals surface area contributed by atoms with Crippen molar-refractivity contribution in [1.29, 1.82) is 10.5 Å². The molecule has 1 N–H and O–H groups in total. The second kappa shape index (κ2) is 16.8. The Kier molecular flexibility index (Phi) is 16.6. The van der Waals surface area contributed by atoms with E-state index in [9.17, 15) is 9.59 Å². The summed E-state index contributed by atoms with van der Waals surface area (Å²) in [6, 6.07) is 3.66. The van der Waals surface area contributed by atoms with Crippen LogP contribution in [-0.4, -0.2) is 39.2 Å². The third-order valence-corrected chi connectivity index (χ3v) is 1.16. The van der Waals surface area contributed by atoms with Crippen LogP contribution in [0.3, 0.4) is 0 Å². The van der Waals surface area contributed by atoms with Gasteiger partial charge in [0.1, 0.15) is 13.2 Å². The van der Waals surface area contributed by atoms with Crippen molar-refractivity contribution in [3.63, 3.8) is 0 Å². The largest absolute Gasteiger partial charge is 0.467 e. The van der Waals surface area contributed by atoms with Crippen molar-refractivity contribution in [2.24, 2.45) is 4.99 Å². The second-order valence-electron chi connectivity index (χ2n) is 2.45. The Morgan fingerprint density at radius 3 is 2.44 bits per heavy atom. The molecule has 0 bridgehead atoms. The molecule has 8 nitrogen and oxygen atoms in total. The summed E-state index contributed by atoms with van der Waals surface area (Å²) >= 11 is 0. The van der Waals surface area contributed by atoms with Crippen molar-refractivity contribution in [3.05, 3.63) is 0 Å². The van der Waals surface area contributed by atoms with Crippen LogP contribution < -0.4 is 5.32 Å². The minimum atomic E-state index is -0.592. The van der Waals surface area contributed by atoms with Gasteiger partial charge in [-0.2, -0.15) is 10.5 Å². The summed E-state index contributed by atoms with van der Waals surface area (Å²) in [5, 5.41) is 18.1. The van der Waals surface area contributed by atoms with Crippen molar-refractivity contribution < 1.29 is 19.1 Å². The van der Waals surface area contributed by atoms with E-state index in [4.69, 9.17) is 10.5 Å². The molecule has 0 spiro atoms. The Bertz CT molecular complexity index is 330. The number of rotatable bonds is 6. The molecule has 0 saturated carbocycles. The molecule has 0 aromatic rings. The number of nitriles is 2. The SMILES string of the molecule is CN=CNC(=O)OCCC#N.N#CCCOC=O. The number of aliphatic imine (C=N–C) groups is 1. The first-order valence-corrected chi connectivity index (χ1v) is 4.86. The number of hydrogen-bond acceptors (Lipinski definition) is 7. The average molecular weight is 254 g/mol. The molecule has 0 saturated heterocycles. The zero-order chi connectivity index (χ0) is 14.1. The Hall–Kier alpha value is -2.61. The van der Waals surface area contributed by atoms with Gasteiger partial charge in [-0.05, 0) is 0 Å². The van der Waals surface area contributed by atoms with Gasteiger partial charge in [-0.15, -0.1) is 0 Å². The minimum absolute atomic E-state index is 0.111. The molecule has 0 aliphatic carbocycles. The lowest BCUT2D eigenvalue weighted by molar-refractivity contribution is -0.128. The van der Waals surface area contributed by atoms with Gasteiger partial charge in [-0.1, -0.05) is 0 Å². The van der Waals surface area contributed by atoms with E-state index < -0.39 is 6.09 Å². The molecule has 0 rings (SSSR count). The lowest BCUT2D eigenvalue weighted by Gasteiger charge is -1.98. The molecule has 1 amide bonds. The smallest absolute Gasteiger partial charge is 0.412 e. The van der Waals surface area contributed by atoms with Crippen LogP contribution in [0.1, 0.15) is 12.8 Å². The van der Waals surface area contributed by atoms with E-state index >= 15 is 0 Å². The lowest BCUT2D eigenvalue weighted by atomic mass is 10.5. The zero-order valence-corrected chi connectivity index (χ0v) is 9.96. The summed E-state index contributed by atoms with van der Waals surface area (Å²) in [5.74, 6) is 0. The minimum Gasteiger partial charge on any atom is -0.467 e. The van der Waals surface area contributed by atoms with Gasteiger partial charge in [0.2, 0.25) is 0 Å². The quantitative estimate of drug-likeness (QED) is 0.315. The first-order valence-electron chi connectivity index (χ1n) is 4.86. The van der Waals surface area contributed by atoms with E-state index in [2.05, 4.69) is 19.8 Å². The molecule has 0 aliphatic rings. The summed E-state index contributed by atoms with van der Waals surface area (Å²) in [6.07, 6.45) is 1.11. The van der Waals surface area contributed by atoms with Crippen LogP contribution in [0.25, 0.3) is 0 Å². The fourth-order valence-electron chi connectivity index (χ4n) is 0.501. The van der Waals surface area contributed by atoms with Gasteiger partial charge in [0.25, 0.3) is 6.47 Å². The van der Waals surface area contributed by atoms with Gasteiger partial charge in [0.05, 0.1) is 31.3 Å². The average Bonchev–Trinajstić information content (AvgIpc) is 2.38. The van der Waals surface area contributed by atoms with Gasteiger partial charge >= 0.3 is 6.09 Å². The number of alkyl carbamates (subject to hydrolysis) is 1. The highest BCUT2D eigenvalue weighted by Crippen LogP contribution is 1.79. The molecule has 18 heavy (non-hydrogen) atoms. The first kappa shape index (κ1) is 17.8. The number of hydrogen-bond donors (Lipinski definition) is 1. The molecule has 0 aromatic heterocycles. The van der Waals surface area contributed by atoms with Gasteiger partial charge in [-0.25, -0.2) is 4.79 Å². The zero-order valence-electron chi connectivity index (χ0n) is 9.96. The maximum Gasteiger partial charge on any atom is 0.412 e. The highest BCUT2D eigenvalue weighted by atomic mass is 16.5. The van der Waals surface area contributed by atoms with Gasteiger partial charge in [-0.3, -0.25) is 15.1 Å². The van der Waals surface area contributed by atoms with E-state index in [1.807, 2.05) is 12.1 Å². The van der Waals surface area contributed by atoms with Crippen LogP contribution >= 0.6 is 0 Å². The van der Waals surface area contributed by atoms with E-state index in [1.165, 1.54) is 13.4 Å². The molecule has 0 heterocycles. The summed E-state index contributed by atoms with van der Waals surface area (Å²) in [5.41, 5.74) is 0. The van der Waals surface area contributed by atoms with Gasteiger partial charge in [0.15, 0.2) is 0 Å². The molecule has 0 fully saturated rings.